The second-order valence-corrected chi connectivity index (χ2v) is 10.2. The summed E-state index contributed by atoms with van der Waals surface area (Å²) in [5.74, 6) is -1.80. The molecule has 2 rings (SSSR count). The lowest BCUT2D eigenvalue weighted by Gasteiger charge is -2.50. The van der Waals surface area contributed by atoms with E-state index in [4.69, 9.17) is 0 Å². The molecule has 0 fully saturated rings. The number of esters is 1. The van der Waals surface area contributed by atoms with Crippen LogP contribution in [0.1, 0.15) is 10.4 Å². The molecular formula is C15H11F6O5S2-. The van der Waals surface area contributed by atoms with Crippen LogP contribution in [0.3, 0.4) is 0 Å². The quantitative estimate of drug-likeness (QED) is 0.359. The fraction of sp³-hybridized carbons (Fsp3) is 0.133. The number of hydrogen-bond donors (Lipinski definition) is 0. The first kappa shape index (κ1) is 22.0. The van der Waals surface area contributed by atoms with E-state index < -0.39 is 53.1 Å². The third-order valence-corrected chi connectivity index (χ3v) is 6.77. The molecule has 0 spiro atoms. The molecule has 5 nitrogen and oxygen atoms in total. The van der Waals surface area contributed by atoms with Gasteiger partial charge in [-0.15, -0.1) is 15.5 Å². The molecule has 0 saturated carbocycles. The number of ether oxygens (including phenoxy) is 1. The molecule has 0 bridgehead atoms. The number of benzene rings is 2. The van der Waals surface area contributed by atoms with Crippen LogP contribution in [-0.4, -0.2) is 30.8 Å². The van der Waals surface area contributed by atoms with Gasteiger partial charge < -0.3 is 9.29 Å². The summed E-state index contributed by atoms with van der Waals surface area (Å²) in [6.45, 7) is -2.21. The molecule has 2 aromatic rings. The smallest absolute Gasteiger partial charge is 0.367 e. The van der Waals surface area contributed by atoms with Crippen LogP contribution in [0.5, 0.6) is 0 Å². The zero-order chi connectivity index (χ0) is 21.5. The fourth-order valence-electron chi connectivity index (χ4n) is 2.01. The van der Waals surface area contributed by atoms with Crippen molar-refractivity contribution in [3.63, 3.8) is 0 Å². The maximum atomic E-state index is 14.6. The number of carbonyl (C=O) groups excluding carboxylic acids is 1. The molecule has 0 aromatic heterocycles. The van der Waals surface area contributed by atoms with E-state index in [0.717, 1.165) is 12.1 Å². The first-order chi connectivity index (χ1) is 12.5. The van der Waals surface area contributed by atoms with Crippen molar-refractivity contribution in [2.45, 2.75) is 15.0 Å². The summed E-state index contributed by atoms with van der Waals surface area (Å²) < 4.78 is 119. The predicted molar refractivity (Wildman–Crippen MR) is 86.4 cm³/mol. The lowest BCUT2D eigenvalue weighted by atomic mass is 10.2. The van der Waals surface area contributed by atoms with Crippen LogP contribution in [-0.2, 0) is 14.9 Å². The van der Waals surface area contributed by atoms with Gasteiger partial charge in [-0.2, -0.15) is 8.78 Å². The summed E-state index contributed by atoms with van der Waals surface area (Å²) in [7, 11) is -15.2. The number of halogens is 6. The Labute approximate surface area is 155 Å². The summed E-state index contributed by atoms with van der Waals surface area (Å²) in [6, 6.07) is 5.90. The molecule has 0 radical (unpaired) electrons. The van der Waals surface area contributed by atoms with Crippen molar-refractivity contribution in [1.82, 2.24) is 0 Å². The molecule has 0 aliphatic heterocycles. The lowest BCUT2D eigenvalue weighted by molar-refractivity contribution is -0.00998. The minimum Gasteiger partial charge on any atom is -0.743 e. The zero-order valence-corrected chi connectivity index (χ0v) is 15.2. The van der Waals surface area contributed by atoms with Crippen LogP contribution < -0.4 is 0 Å². The number of carbonyl (C=O) groups is 1. The van der Waals surface area contributed by atoms with Gasteiger partial charge in [0.05, 0.1) is 15.4 Å². The van der Waals surface area contributed by atoms with Gasteiger partial charge in [0.15, 0.2) is 16.7 Å². The van der Waals surface area contributed by atoms with E-state index in [1.165, 1.54) is 6.07 Å². The van der Waals surface area contributed by atoms with Gasteiger partial charge in [-0.25, -0.2) is 13.2 Å². The Kier molecular flexibility index (Phi) is 4.82. The average Bonchev–Trinajstić information content (AvgIpc) is 2.59. The summed E-state index contributed by atoms with van der Waals surface area (Å²) in [4.78, 5) is 8.27. The van der Waals surface area contributed by atoms with E-state index in [9.17, 15) is 42.1 Å². The lowest BCUT2D eigenvalue weighted by Crippen LogP contribution is -2.34. The van der Waals surface area contributed by atoms with Crippen molar-refractivity contribution < 1.29 is 46.8 Å². The highest BCUT2D eigenvalue weighted by Crippen LogP contribution is 3.04. The Bertz CT molecular complexity index is 1020. The van der Waals surface area contributed by atoms with Gasteiger partial charge in [0, 0.05) is 0 Å². The van der Waals surface area contributed by atoms with Crippen molar-refractivity contribution in [1.29, 1.82) is 0 Å². The largest absolute Gasteiger partial charge is 0.743 e. The van der Waals surface area contributed by atoms with Crippen molar-refractivity contribution in [2.75, 3.05) is 6.61 Å². The van der Waals surface area contributed by atoms with Crippen LogP contribution in [0.4, 0.5) is 24.3 Å². The first-order valence-electron chi connectivity index (χ1n) is 7.14. The second kappa shape index (κ2) is 6.12. The van der Waals surface area contributed by atoms with Crippen molar-refractivity contribution in [3.05, 3.63) is 60.2 Å². The van der Waals surface area contributed by atoms with E-state index >= 15 is 0 Å². The minimum absolute atomic E-state index is 0.0563. The Balaban J connectivity index is 2.41. The SMILES string of the molecule is O=C(OCC(F)(F)S(=O)(=O)[O-])c1cccc(S(F)(F)(F)(F)c2ccccc2)c1. The molecule has 0 N–H and O–H groups in total. The number of rotatable bonds is 6. The molecule has 13 heteroatoms. The third-order valence-electron chi connectivity index (χ3n) is 3.50. The molecule has 0 heterocycles. The van der Waals surface area contributed by atoms with Gasteiger partial charge in [-0.05, 0) is 30.3 Å². The standard InChI is InChI=1S/C15H12F6O5S2/c16-15(17,27(23,24)25)10-26-14(22)11-5-4-8-13(9-11)28(18,19,20,21)12-6-2-1-3-7-12/h1-9H,10H2,(H,23,24,25)/p-1. The van der Waals surface area contributed by atoms with E-state index in [1.54, 1.807) is 0 Å². The Morgan fingerprint density at radius 1 is 0.964 bits per heavy atom. The second-order valence-electron chi connectivity index (χ2n) is 5.58. The minimum atomic E-state index is -9.07. The maximum Gasteiger partial charge on any atom is 0.367 e. The van der Waals surface area contributed by atoms with E-state index in [2.05, 4.69) is 4.74 Å². The Morgan fingerprint density at radius 2 is 1.50 bits per heavy atom. The zero-order valence-electron chi connectivity index (χ0n) is 13.5. The highest BCUT2D eigenvalue weighted by atomic mass is 32.5. The van der Waals surface area contributed by atoms with Gasteiger partial charge in [-0.3, -0.25) is 0 Å². The van der Waals surface area contributed by atoms with Gasteiger partial charge in [0.1, 0.15) is 0 Å². The summed E-state index contributed by atoms with van der Waals surface area (Å²) in [5, 5.41) is -4.98. The van der Waals surface area contributed by atoms with E-state index in [-0.39, 0.29) is 6.07 Å². The Morgan fingerprint density at radius 3 is 2.04 bits per heavy atom. The molecule has 0 atom stereocenters. The van der Waals surface area contributed by atoms with Crippen LogP contribution in [0, 0.1) is 0 Å². The van der Waals surface area contributed by atoms with Gasteiger partial charge in [0.25, 0.3) is 0 Å². The molecule has 28 heavy (non-hydrogen) atoms. The Hall–Kier alpha value is -2.25. The molecule has 0 aliphatic rings. The molecule has 0 saturated heterocycles. The van der Waals surface area contributed by atoms with Crippen molar-refractivity contribution in [3.8, 4) is 0 Å². The highest BCUT2D eigenvalue weighted by molar-refractivity contribution is 8.49. The summed E-state index contributed by atoms with van der Waals surface area (Å²) in [6.07, 6.45) is 0. The average molecular weight is 449 g/mol. The summed E-state index contributed by atoms with van der Waals surface area (Å²) >= 11 is 0. The van der Waals surface area contributed by atoms with Crippen LogP contribution in [0.2, 0.25) is 0 Å². The monoisotopic (exact) mass is 449 g/mol. The molecule has 0 aliphatic carbocycles. The van der Waals surface area contributed by atoms with Crippen molar-refractivity contribution in [2.24, 2.45) is 0 Å². The molecule has 0 amide bonds. The maximum absolute atomic E-state index is 14.6. The molecule has 156 valence electrons. The van der Waals surface area contributed by atoms with Gasteiger partial charge >= 0.3 is 11.2 Å². The predicted octanol–water partition coefficient (Wildman–Crippen LogP) is 4.81. The number of hydrogen-bond acceptors (Lipinski definition) is 5. The molecule has 2 aromatic carbocycles. The van der Waals surface area contributed by atoms with Crippen LogP contribution >= 0.6 is 9.84 Å². The molecular weight excluding hydrogens is 438 g/mol. The third kappa shape index (κ3) is 4.10. The molecule has 0 unspecified atom stereocenters. The van der Waals surface area contributed by atoms with E-state index in [0.29, 0.717) is 30.3 Å². The summed E-state index contributed by atoms with van der Waals surface area (Å²) in [5.41, 5.74) is -0.969. The number of alkyl halides is 2. The topological polar surface area (TPSA) is 83.5 Å². The normalized spacial score (nSPS) is 15.4. The first-order valence-corrected chi connectivity index (χ1v) is 10.6. The van der Waals surface area contributed by atoms with E-state index in [1.807, 2.05) is 0 Å². The van der Waals surface area contributed by atoms with Gasteiger partial charge in [0.2, 0.25) is 9.84 Å². The van der Waals surface area contributed by atoms with Gasteiger partial charge in [-0.1, -0.05) is 24.3 Å². The fourth-order valence-corrected chi connectivity index (χ4v) is 3.91. The van der Waals surface area contributed by atoms with Crippen molar-refractivity contribution >= 4 is 25.9 Å². The van der Waals surface area contributed by atoms with Crippen LogP contribution in [0.15, 0.2) is 64.4 Å². The highest BCUT2D eigenvalue weighted by Gasteiger charge is 2.66. The van der Waals surface area contributed by atoms with Crippen LogP contribution in [0.25, 0.3) is 0 Å².